The minimum atomic E-state index is 0. The molecule has 3 heteroatoms. The zero-order valence-corrected chi connectivity index (χ0v) is 32.7. The summed E-state index contributed by atoms with van der Waals surface area (Å²) in [4.78, 5) is 0. The summed E-state index contributed by atoms with van der Waals surface area (Å²) < 4.78 is 1.42. The van der Waals surface area contributed by atoms with Gasteiger partial charge >= 0.3 is 99.2 Å². The van der Waals surface area contributed by atoms with Gasteiger partial charge in [0.2, 0.25) is 0 Å². The number of hydrogen-bond donors (Lipinski definition) is 0. The van der Waals surface area contributed by atoms with Gasteiger partial charge in [0.15, 0.2) is 0 Å². The normalized spacial score (nSPS) is 12.5. The summed E-state index contributed by atoms with van der Waals surface area (Å²) in [7, 11) is 0. The predicted octanol–water partition coefficient (Wildman–Crippen LogP) is 5.98. The van der Waals surface area contributed by atoms with E-state index in [9.17, 15) is 0 Å². The third-order valence-corrected chi connectivity index (χ3v) is 9.74. The number of fused-ring (bicyclic) bond motifs is 3. The zero-order chi connectivity index (χ0) is 31.9. The Morgan fingerprint density at radius 1 is 0.652 bits per heavy atom. The molecule has 0 amide bonds. The molecule has 0 aromatic heterocycles. The van der Waals surface area contributed by atoms with Gasteiger partial charge in [0, 0.05) is 0 Å². The standard InChI is InChI=1S/C21H25.C13H10.C9H13.2ClH.Zr/c1-20(2,3)16-7-9-18-14(12-16)11-15-13-17(21(4,5)6)8-10-19(15)18;1-3-7-12(8-4-1)11-13-9-5-2-6-10-13;1-3-8-5-6-9(4-2)7-8;;;/h7-13H,1-6H3;1-10H;7H,3-5H2,1-2H3;2*1H;/q-1;;-1;;;+2/p-2. The second-order valence-corrected chi connectivity index (χ2v) is 15.0. The second kappa shape index (κ2) is 17.6. The van der Waals surface area contributed by atoms with Crippen molar-refractivity contribution in [2.75, 3.05) is 0 Å². The van der Waals surface area contributed by atoms with Gasteiger partial charge in [-0.3, -0.25) is 6.08 Å². The van der Waals surface area contributed by atoms with Crippen molar-refractivity contribution in [1.29, 1.82) is 0 Å². The summed E-state index contributed by atoms with van der Waals surface area (Å²) in [6.07, 6.45) is 9.03. The van der Waals surface area contributed by atoms with Gasteiger partial charge in [0.05, 0.1) is 0 Å². The van der Waals surface area contributed by atoms with E-state index in [0.29, 0.717) is 0 Å². The number of halogens is 2. The van der Waals surface area contributed by atoms with E-state index in [-0.39, 0.29) is 35.6 Å². The average molecular weight is 727 g/mol. The van der Waals surface area contributed by atoms with Gasteiger partial charge in [-0.2, -0.15) is 5.57 Å². The van der Waals surface area contributed by atoms with E-state index in [1.54, 1.807) is 0 Å². The van der Waals surface area contributed by atoms with E-state index in [0.717, 1.165) is 12.8 Å². The summed E-state index contributed by atoms with van der Waals surface area (Å²) in [6.45, 7) is 18.0. The number of benzene rings is 4. The molecule has 0 bridgehead atoms. The van der Waals surface area contributed by atoms with Crippen LogP contribution in [0.2, 0.25) is 0 Å². The minimum absolute atomic E-state index is 0. The first-order valence-electron chi connectivity index (χ1n) is 16.0. The van der Waals surface area contributed by atoms with Crippen LogP contribution in [-0.4, -0.2) is 3.21 Å². The maximum atomic E-state index is 3.33. The van der Waals surface area contributed by atoms with Crippen LogP contribution in [0.5, 0.6) is 0 Å². The number of allylic oxidation sites excluding steroid dienone is 4. The molecule has 0 aliphatic heterocycles. The fourth-order valence-corrected chi connectivity index (χ4v) is 6.18. The molecule has 0 N–H and O–H groups in total. The molecule has 0 saturated heterocycles. The molecular weight excluding hydrogens is 679 g/mol. The van der Waals surface area contributed by atoms with Crippen LogP contribution in [0.15, 0.2) is 120 Å². The molecule has 0 fully saturated rings. The van der Waals surface area contributed by atoms with Crippen LogP contribution in [-0.2, 0) is 35.1 Å². The van der Waals surface area contributed by atoms with Gasteiger partial charge in [-0.1, -0.05) is 104 Å². The molecule has 0 heterocycles. The zero-order valence-electron chi connectivity index (χ0n) is 28.8. The summed E-state index contributed by atoms with van der Waals surface area (Å²) in [5, 5.41) is 5.48. The molecule has 0 radical (unpaired) electrons. The molecule has 5 aromatic carbocycles. The summed E-state index contributed by atoms with van der Waals surface area (Å²) >= 11 is 1.46. The van der Waals surface area contributed by atoms with Gasteiger partial charge < -0.3 is 24.8 Å². The molecule has 1 aliphatic rings. The van der Waals surface area contributed by atoms with Crippen LogP contribution in [0.25, 0.3) is 21.5 Å². The Balaban J connectivity index is 0.000000256. The van der Waals surface area contributed by atoms with Crippen molar-refractivity contribution >= 4 is 24.8 Å². The van der Waals surface area contributed by atoms with Crippen molar-refractivity contribution in [2.45, 2.75) is 85.5 Å². The fourth-order valence-electron chi connectivity index (χ4n) is 5.36. The Labute approximate surface area is 305 Å². The van der Waals surface area contributed by atoms with Crippen LogP contribution >= 0.6 is 0 Å². The Morgan fingerprint density at radius 3 is 1.41 bits per heavy atom. The fraction of sp³-hybridized carbons (Fsp3) is 0.302. The van der Waals surface area contributed by atoms with E-state index in [2.05, 4.69) is 171 Å². The van der Waals surface area contributed by atoms with Crippen LogP contribution in [0.4, 0.5) is 0 Å². The molecular formula is C43H48Cl2Zr-2. The molecule has 240 valence electrons. The van der Waals surface area contributed by atoms with E-state index in [4.69, 9.17) is 0 Å². The van der Waals surface area contributed by atoms with Crippen LogP contribution in [0, 0.1) is 6.08 Å². The van der Waals surface area contributed by atoms with Gasteiger partial charge in [-0.15, -0.1) is 46.2 Å². The molecule has 0 unspecified atom stereocenters. The monoisotopic (exact) mass is 724 g/mol. The van der Waals surface area contributed by atoms with E-state index in [1.165, 1.54) is 88.8 Å². The topological polar surface area (TPSA) is 0 Å². The molecule has 6 rings (SSSR count). The molecule has 0 saturated carbocycles. The molecule has 0 nitrogen and oxygen atoms in total. The first-order valence-corrected chi connectivity index (χ1v) is 17.3. The van der Waals surface area contributed by atoms with Crippen LogP contribution in [0.1, 0.15) is 96.9 Å². The van der Waals surface area contributed by atoms with Crippen molar-refractivity contribution in [3.05, 3.63) is 149 Å². The molecule has 5 aromatic rings. The summed E-state index contributed by atoms with van der Waals surface area (Å²) in [6, 6.07) is 37.3. The van der Waals surface area contributed by atoms with E-state index >= 15 is 0 Å². The Kier molecular flexibility index (Phi) is 15.2. The Bertz CT molecular complexity index is 1650. The molecule has 46 heavy (non-hydrogen) atoms. The third-order valence-electron chi connectivity index (χ3n) is 8.32. The first-order chi connectivity index (χ1) is 20.9. The van der Waals surface area contributed by atoms with E-state index < -0.39 is 0 Å². The van der Waals surface area contributed by atoms with Crippen LogP contribution in [0.3, 0.4) is 0 Å². The number of rotatable bonds is 4. The van der Waals surface area contributed by atoms with Crippen molar-refractivity contribution in [1.82, 2.24) is 0 Å². The Hall–Kier alpha value is -2.44. The van der Waals surface area contributed by atoms with Crippen molar-refractivity contribution in [3.63, 3.8) is 0 Å². The first kappa shape index (κ1) is 39.7. The third kappa shape index (κ3) is 10.5. The SMILES string of the molecule is CC(C)(C)c1ccc2c(c1)[cH-]c1cc(C(C)(C)C)ccc12.CCC1=[C-]CC(CC)=C1.[Cl-].[Cl-].[Zr+2]=[C](c1ccccc1)c1ccccc1. The Morgan fingerprint density at radius 2 is 1.09 bits per heavy atom. The maximum absolute atomic E-state index is 3.33. The predicted molar refractivity (Wildman–Crippen MR) is 191 cm³/mol. The molecule has 0 spiro atoms. The molecule has 1 aliphatic carbocycles. The van der Waals surface area contributed by atoms with Crippen molar-refractivity contribution < 1.29 is 49.0 Å². The number of hydrogen-bond acceptors (Lipinski definition) is 0. The summed E-state index contributed by atoms with van der Waals surface area (Å²) in [5.41, 5.74) is 8.80. The summed E-state index contributed by atoms with van der Waals surface area (Å²) in [5.74, 6) is 0. The second-order valence-electron chi connectivity index (χ2n) is 13.7. The van der Waals surface area contributed by atoms with Crippen molar-refractivity contribution in [2.24, 2.45) is 0 Å². The van der Waals surface area contributed by atoms with Gasteiger partial charge in [0.1, 0.15) is 0 Å². The van der Waals surface area contributed by atoms with Crippen LogP contribution < -0.4 is 24.8 Å². The van der Waals surface area contributed by atoms with Crippen molar-refractivity contribution in [3.8, 4) is 0 Å². The molecule has 0 atom stereocenters. The van der Waals surface area contributed by atoms with Gasteiger partial charge in [-0.25, -0.2) is 11.6 Å². The average Bonchev–Trinajstić information content (AvgIpc) is 3.65. The van der Waals surface area contributed by atoms with Gasteiger partial charge in [0.25, 0.3) is 0 Å². The van der Waals surface area contributed by atoms with Gasteiger partial charge in [-0.05, 0) is 10.8 Å². The van der Waals surface area contributed by atoms with E-state index in [1.807, 2.05) is 0 Å². The quantitative estimate of drug-likeness (QED) is 0.200.